The number of hydrogen-bond acceptors (Lipinski definition) is 5. The number of aromatic nitrogens is 3. The molecule has 0 fully saturated rings. The van der Waals surface area contributed by atoms with Crippen LogP contribution in [0.15, 0.2) is 60.8 Å². The molecule has 0 saturated carbocycles. The minimum absolute atomic E-state index is 0.0323. The third-order valence-electron chi connectivity index (χ3n) is 5.55. The Labute approximate surface area is 205 Å². The minimum Gasteiger partial charge on any atom is -0.478 e. The Hall–Kier alpha value is -3.87. The lowest BCUT2D eigenvalue weighted by atomic mass is 9.86. The van der Waals surface area contributed by atoms with Crippen LogP contribution in [0.3, 0.4) is 0 Å². The van der Waals surface area contributed by atoms with Gasteiger partial charge in [-0.3, -0.25) is 0 Å². The number of pyridine rings is 1. The lowest BCUT2D eigenvalue weighted by Crippen LogP contribution is -2.17. The zero-order valence-corrected chi connectivity index (χ0v) is 21.1. The fourth-order valence-corrected chi connectivity index (χ4v) is 3.96. The molecular weight excluding hydrogens is 440 g/mol. The largest absolute Gasteiger partial charge is 0.478 e. The number of imidazole rings is 1. The van der Waals surface area contributed by atoms with Crippen molar-refractivity contribution in [3.8, 4) is 11.6 Å². The number of benzene rings is 2. The van der Waals surface area contributed by atoms with E-state index in [-0.39, 0.29) is 16.4 Å². The Morgan fingerprint density at radius 3 is 2.46 bits per heavy atom. The van der Waals surface area contributed by atoms with Gasteiger partial charge in [0.15, 0.2) is 0 Å². The van der Waals surface area contributed by atoms with Gasteiger partial charge in [-0.05, 0) is 47.2 Å². The van der Waals surface area contributed by atoms with E-state index in [0.717, 1.165) is 16.8 Å². The summed E-state index contributed by atoms with van der Waals surface area (Å²) in [6, 6.07) is 16.7. The predicted octanol–water partition coefficient (Wildman–Crippen LogP) is 7.01. The van der Waals surface area contributed by atoms with E-state index < -0.39 is 5.97 Å². The first kappa shape index (κ1) is 24.3. The summed E-state index contributed by atoms with van der Waals surface area (Å²) >= 11 is 0. The maximum atomic E-state index is 11.5. The molecule has 2 heterocycles. The Bertz CT molecular complexity index is 1380. The number of rotatable bonds is 6. The number of para-hydroxylation sites is 1. The van der Waals surface area contributed by atoms with E-state index in [2.05, 4.69) is 62.5 Å². The summed E-state index contributed by atoms with van der Waals surface area (Å²) in [6.45, 7) is 13.6. The average Bonchev–Trinajstić information content (AvgIpc) is 3.09. The van der Waals surface area contributed by atoms with Crippen LogP contribution in [-0.2, 0) is 12.0 Å². The van der Waals surface area contributed by atoms with Crippen LogP contribution in [0.1, 0.15) is 57.5 Å². The van der Waals surface area contributed by atoms with Crippen molar-refractivity contribution in [3.05, 3.63) is 71.9 Å². The smallest absolute Gasteiger partial charge is 0.335 e. The Morgan fingerprint density at radius 1 is 1.03 bits per heavy atom. The molecule has 7 heteroatoms. The summed E-state index contributed by atoms with van der Waals surface area (Å²) in [5.74, 6) is 0.799. The highest BCUT2D eigenvalue weighted by Gasteiger charge is 2.22. The van der Waals surface area contributed by atoms with Crippen molar-refractivity contribution in [1.82, 2.24) is 14.5 Å². The normalized spacial score (nSPS) is 12.1. The fourth-order valence-electron chi connectivity index (χ4n) is 3.96. The zero-order chi connectivity index (χ0) is 25.4. The maximum absolute atomic E-state index is 11.5. The molecule has 0 radical (unpaired) electrons. The molecule has 0 saturated heterocycles. The van der Waals surface area contributed by atoms with E-state index in [1.165, 1.54) is 0 Å². The number of nitrogens with one attached hydrogen (secondary N) is 1. The summed E-state index contributed by atoms with van der Waals surface area (Å²) in [6.07, 6.45) is 1.69. The first-order valence-corrected chi connectivity index (χ1v) is 11.7. The van der Waals surface area contributed by atoms with Crippen molar-refractivity contribution >= 4 is 28.6 Å². The molecule has 0 atom stereocenters. The molecule has 7 nitrogen and oxygen atoms in total. The Kier molecular flexibility index (Phi) is 6.28. The van der Waals surface area contributed by atoms with E-state index in [1.807, 2.05) is 36.4 Å². The summed E-state index contributed by atoms with van der Waals surface area (Å²) in [4.78, 5) is 20.7. The molecule has 2 aromatic heterocycles. The van der Waals surface area contributed by atoms with Gasteiger partial charge in [-0.25, -0.2) is 14.8 Å². The highest BCUT2D eigenvalue weighted by molar-refractivity contribution is 5.93. The molecule has 2 N–H and O–H groups in total. The summed E-state index contributed by atoms with van der Waals surface area (Å²) in [5.41, 5.74) is 3.29. The summed E-state index contributed by atoms with van der Waals surface area (Å²) < 4.78 is 8.39. The van der Waals surface area contributed by atoms with Crippen molar-refractivity contribution in [2.24, 2.45) is 5.41 Å². The average molecular weight is 473 g/mol. The van der Waals surface area contributed by atoms with Gasteiger partial charge < -0.3 is 19.7 Å². The number of aromatic carboxylic acids is 1. The molecule has 182 valence electrons. The van der Waals surface area contributed by atoms with Gasteiger partial charge >= 0.3 is 5.97 Å². The van der Waals surface area contributed by atoms with Gasteiger partial charge in [0.1, 0.15) is 11.4 Å². The molecule has 0 aliphatic rings. The first-order chi connectivity index (χ1) is 16.4. The van der Waals surface area contributed by atoms with Crippen molar-refractivity contribution in [3.63, 3.8) is 0 Å². The van der Waals surface area contributed by atoms with Gasteiger partial charge in [0.25, 0.3) is 0 Å². The fraction of sp³-hybridized carbons (Fsp3) is 0.321. The molecule has 0 unspecified atom stereocenters. The molecule has 2 aromatic carbocycles. The van der Waals surface area contributed by atoms with Crippen LogP contribution in [0.2, 0.25) is 0 Å². The van der Waals surface area contributed by atoms with Crippen LogP contribution in [0.5, 0.6) is 11.6 Å². The molecule has 35 heavy (non-hydrogen) atoms. The van der Waals surface area contributed by atoms with Crippen LogP contribution in [-0.4, -0.2) is 25.6 Å². The zero-order valence-electron chi connectivity index (χ0n) is 21.1. The number of carbonyl (C=O) groups is 1. The second kappa shape index (κ2) is 9.06. The van der Waals surface area contributed by atoms with E-state index in [0.29, 0.717) is 29.6 Å². The number of carboxylic acid groups (broad SMARTS) is 1. The van der Waals surface area contributed by atoms with Gasteiger partial charge in [0, 0.05) is 18.3 Å². The first-order valence-electron chi connectivity index (χ1n) is 11.7. The number of nitrogens with zero attached hydrogens (tertiary/aromatic N) is 3. The number of carboxylic acids is 1. The van der Waals surface area contributed by atoms with E-state index in [4.69, 9.17) is 9.72 Å². The summed E-state index contributed by atoms with van der Waals surface area (Å²) in [7, 11) is 0. The molecule has 0 aliphatic heterocycles. The van der Waals surface area contributed by atoms with Gasteiger partial charge in [-0.15, -0.1) is 0 Å². The Morgan fingerprint density at radius 2 is 1.77 bits per heavy atom. The van der Waals surface area contributed by atoms with Gasteiger partial charge in [0.2, 0.25) is 11.8 Å². The molecule has 4 rings (SSSR count). The maximum Gasteiger partial charge on any atom is 0.335 e. The number of anilines is 2. The van der Waals surface area contributed by atoms with E-state index in [9.17, 15) is 9.90 Å². The lowest BCUT2D eigenvalue weighted by molar-refractivity contribution is 0.0697. The number of ether oxygens (including phenoxy) is 1. The SMILES string of the molecule is CC(C)(C)Cn1c(Nc2cccnc2Oc2ccccc2C(C)(C)C)nc2cc(C(=O)O)ccc21. The van der Waals surface area contributed by atoms with Gasteiger partial charge in [-0.1, -0.05) is 59.7 Å². The number of hydrogen-bond donors (Lipinski definition) is 2. The van der Waals surface area contributed by atoms with Gasteiger partial charge in [-0.2, -0.15) is 0 Å². The highest BCUT2D eigenvalue weighted by atomic mass is 16.5. The predicted molar refractivity (Wildman–Crippen MR) is 139 cm³/mol. The molecule has 0 spiro atoms. The van der Waals surface area contributed by atoms with Crippen LogP contribution in [0, 0.1) is 5.41 Å². The second-order valence-electron chi connectivity index (χ2n) is 10.9. The number of fused-ring (bicyclic) bond motifs is 1. The molecule has 0 aliphatic carbocycles. The monoisotopic (exact) mass is 472 g/mol. The van der Waals surface area contributed by atoms with E-state index >= 15 is 0 Å². The van der Waals surface area contributed by atoms with Gasteiger partial charge in [0.05, 0.1) is 16.6 Å². The molecule has 0 amide bonds. The van der Waals surface area contributed by atoms with Crippen molar-refractivity contribution in [2.75, 3.05) is 5.32 Å². The summed E-state index contributed by atoms with van der Waals surface area (Å²) in [5, 5.41) is 12.8. The van der Waals surface area contributed by atoms with Crippen molar-refractivity contribution in [2.45, 2.75) is 53.5 Å². The van der Waals surface area contributed by atoms with Crippen molar-refractivity contribution in [1.29, 1.82) is 0 Å². The second-order valence-corrected chi connectivity index (χ2v) is 10.9. The van der Waals surface area contributed by atoms with Crippen LogP contribution in [0.25, 0.3) is 11.0 Å². The van der Waals surface area contributed by atoms with Crippen molar-refractivity contribution < 1.29 is 14.6 Å². The van der Waals surface area contributed by atoms with Crippen LogP contribution < -0.4 is 10.1 Å². The van der Waals surface area contributed by atoms with Crippen LogP contribution in [0.4, 0.5) is 11.6 Å². The van der Waals surface area contributed by atoms with E-state index in [1.54, 1.807) is 18.3 Å². The quantitative estimate of drug-likeness (QED) is 0.314. The third kappa shape index (κ3) is 5.45. The standard InChI is InChI=1S/C28H32N4O3/c1-27(2,3)17-32-22-14-13-18(25(33)34)16-21(22)31-26(32)30-20-11-9-15-29-24(20)35-23-12-8-7-10-19(23)28(4,5)6/h7-16H,17H2,1-6H3,(H,30,31)(H,33,34). The third-order valence-corrected chi connectivity index (χ3v) is 5.55. The lowest BCUT2D eigenvalue weighted by Gasteiger charge is -2.23. The minimum atomic E-state index is -0.979. The highest BCUT2D eigenvalue weighted by Crippen LogP contribution is 2.37. The Balaban J connectivity index is 1.76. The topological polar surface area (TPSA) is 89.3 Å². The molecule has 0 bridgehead atoms. The molecular formula is C28H32N4O3. The molecule has 4 aromatic rings. The van der Waals surface area contributed by atoms with Crippen LogP contribution >= 0.6 is 0 Å².